The summed E-state index contributed by atoms with van der Waals surface area (Å²) in [5.74, 6) is -2.72. The number of phenolic OH excluding ortho intramolecular Hbond substituents is 1. The van der Waals surface area contributed by atoms with Crippen LogP contribution >= 0.6 is 0 Å². The molecule has 0 spiro atoms. The Hall–Kier alpha value is -7.58. The molecule has 0 radical (unpaired) electrons. The number of carboxylic acid groups (broad SMARTS) is 1. The van der Waals surface area contributed by atoms with Gasteiger partial charge in [-0.1, -0.05) is 36.4 Å². The predicted molar refractivity (Wildman–Crippen MR) is 259 cm³/mol. The molecule has 20 heteroatoms. The summed E-state index contributed by atoms with van der Waals surface area (Å²) in [7, 11) is 1.83. The Morgan fingerprint density at radius 1 is 0.863 bits per heavy atom. The number of aliphatic carboxylic acids is 1. The van der Waals surface area contributed by atoms with Gasteiger partial charge in [-0.25, -0.2) is 9.48 Å². The van der Waals surface area contributed by atoms with Crippen molar-refractivity contribution >= 4 is 35.1 Å². The zero-order chi connectivity index (χ0) is 52.1. The first-order valence-corrected chi connectivity index (χ1v) is 23.6. The fraction of sp³-hybridized carbons (Fsp3) is 0.340. The summed E-state index contributed by atoms with van der Waals surface area (Å²) in [4.78, 5) is 59.9. The van der Waals surface area contributed by atoms with Gasteiger partial charge in [0.15, 0.2) is 0 Å². The van der Waals surface area contributed by atoms with E-state index in [1.807, 2.05) is 76.9 Å². The number of amides is 3. The van der Waals surface area contributed by atoms with Gasteiger partial charge >= 0.3 is 18.7 Å². The minimum Gasteiger partial charge on any atom is -0.508 e. The number of carbonyl (C=O) groups excluding carboxylic acids is 3. The highest BCUT2D eigenvalue weighted by Crippen LogP contribution is 2.37. The van der Waals surface area contributed by atoms with Gasteiger partial charge in [0, 0.05) is 80.6 Å². The van der Waals surface area contributed by atoms with Crippen molar-refractivity contribution in [2.75, 3.05) is 50.9 Å². The number of carboxylic acids is 1. The lowest BCUT2D eigenvalue weighted by molar-refractivity contribution is -0.192. The molecule has 3 aliphatic heterocycles. The largest absolute Gasteiger partial charge is 0.508 e. The van der Waals surface area contributed by atoms with E-state index in [9.17, 15) is 36.6 Å². The number of morpholine rings is 1. The van der Waals surface area contributed by atoms with Gasteiger partial charge in [0.05, 0.1) is 43.3 Å². The van der Waals surface area contributed by atoms with E-state index in [0.29, 0.717) is 72.0 Å². The zero-order valence-electron chi connectivity index (χ0n) is 40.3. The maximum atomic E-state index is 15.1. The zero-order valence-corrected chi connectivity index (χ0v) is 40.3. The number of anilines is 2. The van der Waals surface area contributed by atoms with Crippen LogP contribution in [0.2, 0.25) is 0 Å². The fourth-order valence-electron chi connectivity index (χ4n) is 9.25. The van der Waals surface area contributed by atoms with Crippen LogP contribution < -0.4 is 9.64 Å². The van der Waals surface area contributed by atoms with E-state index in [0.717, 1.165) is 67.0 Å². The molecule has 384 valence electrons. The van der Waals surface area contributed by atoms with Crippen molar-refractivity contribution in [1.82, 2.24) is 29.0 Å². The normalized spacial score (nSPS) is 15.8. The molecule has 0 saturated carbocycles. The standard InChI is InChI=1S/C51H53F2N7O6.C2HF3O2/c1-33-24-36-6-4-5-7-38(36)31-58(33)49(63)46-27-39-30-57(48(62)25-35-8-14-43(15-9-35)66-23-20-56-18-21-65-22-19-56)17-16-37(39)26-45(46)47-28-44(34(2)55(47)3)50(64)60(40-10-12-42(61)13-11-40)41-29-54-59(32-41)51(52)53;3-2(4,5)1(6)7/h4-15,26-29,32-33,51,61H,16-25,30-31H2,1-3H3;(H,6,7)/t33-;/m1./s1. The van der Waals surface area contributed by atoms with E-state index in [-0.39, 0.29) is 41.3 Å². The van der Waals surface area contributed by atoms with E-state index in [2.05, 4.69) is 22.1 Å². The highest BCUT2D eigenvalue weighted by Gasteiger charge is 2.38. The lowest BCUT2D eigenvalue weighted by Crippen LogP contribution is -2.43. The molecule has 6 aromatic rings. The summed E-state index contributed by atoms with van der Waals surface area (Å²) in [6, 6.07) is 27.3. The van der Waals surface area contributed by atoms with Gasteiger partial charge in [0.25, 0.3) is 11.8 Å². The molecular weight excluding hydrogens is 958 g/mol. The molecule has 4 aromatic carbocycles. The van der Waals surface area contributed by atoms with Crippen LogP contribution in [-0.2, 0) is 53.7 Å². The van der Waals surface area contributed by atoms with Crippen LogP contribution in [0.3, 0.4) is 0 Å². The third-order valence-electron chi connectivity index (χ3n) is 13.4. The number of hydrogen-bond acceptors (Lipinski definition) is 9. The van der Waals surface area contributed by atoms with Crippen molar-refractivity contribution in [3.63, 3.8) is 0 Å². The van der Waals surface area contributed by atoms with Crippen LogP contribution in [0.5, 0.6) is 11.5 Å². The number of halogens is 5. The van der Waals surface area contributed by atoms with Crippen molar-refractivity contribution in [2.24, 2.45) is 7.05 Å². The Morgan fingerprint density at radius 2 is 1.55 bits per heavy atom. The minimum atomic E-state index is -5.08. The van der Waals surface area contributed by atoms with Crippen LogP contribution in [0, 0.1) is 6.92 Å². The molecule has 2 aromatic heterocycles. The number of nitrogens with zero attached hydrogens (tertiary/aromatic N) is 7. The maximum absolute atomic E-state index is 15.1. The summed E-state index contributed by atoms with van der Waals surface area (Å²) in [6.45, 7) is 6.87. The molecule has 1 saturated heterocycles. The minimum absolute atomic E-state index is 0.0154. The fourth-order valence-corrected chi connectivity index (χ4v) is 9.25. The molecule has 0 bridgehead atoms. The molecular formula is C53H54F5N7O8. The molecule has 1 atom stereocenters. The molecule has 2 N–H and O–H groups in total. The van der Waals surface area contributed by atoms with Gasteiger partial charge in [0.2, 0.25) is 5.91 Å². The van der Waals surface area contributed by atoms with Crippen molar-refractivity contribution in [1.29, 1.82) is 0 Å². The second-order valence-electron chi connectivity index (χ2n) is 18.1. The second kappa shape index (κ2) is 22.0. The first-order chi connectivity index (χ1) is 34.9. The van der Waals surface area contributed by atoms with E-state index in [4.69, 9.17) is 19.4 Å². The molecule has 3 amide bonds. The smallest absolute Gasteiger partial charge is 0.490 e. The molecule has 9 rings (SSSR count). The Labute approximate surface area is 417 Å². The van der Waals surface area contributed by atoms with E-state index < -0.39 is 24.6 Å². The van der Waals surface area contributed by atoms with Crippen LogP contribution in [0.25, 0.3) is 11.3 Å². The third-order valence-corrected chi connectivity index (χ3v) is 13.4. The number of phenols is 1. The van der Waals surface area contributed by atoms with E-state index >= 15 is 4.79 Å². The maximum Gasteiger partial charge on any atom is 0.490 e. The van der Waals surface area contributed by atoms with Gasteiger partial charge in [0.1, 0.15) is 18.1 Å². The SMILES string of the molecule is Cc1c(C(=O)N(c2ccc(O)cc2)c2cnn(C(F)F)c2)cc(-c2cc3c(cc2C(=O)N2Cc4ccccc4C[C@H]2C)CN(C(=O)Cc2ccc(OCCN4CCOCC4)cc2)CC3)n1C.O=C(O)C(F)(F)F. The van der Waals surface area contributed by atoms with Crippen molar-refractivity contribution in [2.45, 2.75) is 65.0 Å². The summed E-state index contributed by atoms with van der Waals surface area (Å²) >= 11 is 0. The summed E-state index contributed by atoms with van der Waals surface area (Å²) in [6.07, 6.45) is -1.31. The summed E-state index contributed by atoms with van der Waals surface area (Å²) in [5.41, 5.74) is 8.08. The number of hydrogen-bond donors (Lipinski definition) is 2. The highest BCUT2D eigenvalue weighted by molar-refractivity contribution is 6.12. The number of alkyl halides is 5. The van der Waals surface area contributed by atoms with E-state index in [1.165, 1.54) is 40.9 Å². The van der Waals surface area contributed by atoms with Crippen LogP contribution in [0.4, 0.5) is 33.3 Å². The molecule has 73 heavy (non-hydrogen) atoms. The lowest BCUT2D eigenvalue weighted by atomic mass is 9.89. The Bertz CT molecular complexity index is 2970. The van der Waals surface area contributed by atoms with Crippen molar-refractivity contribution in [3.8, 4) is 22.8 Å². The molecule has 3 aliphatic rings. The number of ether oxygens (including phenoxy) is 2. The highest BCUT2D eigenvalue weighted by atomic mass is 19.4. The van der Waals surface area contributed by atoms with Crippen molar-refractivity contribution in [3.05, 3.63) is 148 Å². The Kier molecular flexibility index (Phi) is 15.6. The topological polar surface area (TPSA) is 163 Å². The van der Waals surface area contributed by atoms with Gasteiger partial charge in [-0.3, -0.25) is 24.2 Å². The summed E-state index contributed by atoms with van der Waals surface area (Å²) < 4.78 is 73.0. The van der Waals surface area contributed by atoms with Crippen molar-refractivity contribution < 1.29 is 60.8 Å². The second-order valence-corrected chi connectivity index (χ2v) is 18.1. The van der Waals surface area contributed by atoms with Gasteiger partial charge in [-0.2, -0.15) is 27.1 Å². The molecule has 0 aliphatic carbocycles. The average Bonchev–Trinajstić information content (AvgIpc) is 3.98. The van der Waals surface area contributed by atoms with E-state index in [1.54, 1.807) is 13.0 Å². The summed E-state index contributed by atoms with van der Waals surface area (Å²) in [5, 5.41) is 21.0. The third kappa shape index (κ3) is 11.9. The molecule has 0 unspecified atom stereocenters. The number of rotatable bonds is 12. The lowest BCUT2D eigenvalue weighted by Gasteiger charge is -2.36. The van der Waals surface area contributed by atoms with Crippen LogP contribution in [0.15, 0.2) is 103 Å². The van der Waals surface area contributed by atoms with Gasteiger partial charge in [-0.05, 0) is 109 Å². The quantitative estimate of drug-likeness (QED) is 0.114. The van der Waals surface area contributed by atoms with Crippen LogP contribution in [0.1, 0.15) is 67.7 Å². The average molecular weight is 1010 g/mol. The first kappa shape index (κ1) is 51.8. The molecule has 1 fully saturated rings. The molecule has 5 heterocycles. The first-order valence-electron chi connectivity index (χ1n) is 23.6. The number of benzene rings is 4. The van der Waals surface area contributed by atoms with Gasteiger partial charge in [-0.15, -0.1) is 0 Å². The monoisotopic (exact) mass is 1010 g/mol. The predicted octanol–water partition coefficient (Wildman–Crippen LogP) is 8.33. The number of aromatic hydroxyl groups is 1. The Morgan fingerprint density at radius 3 is 2.21 bits per heavy atom. The Balaban J connectivity index is 0.000000948. The number of fused-ring (bicyclic) bond motifs is 2. The number of carbonyl (C=O) groups is 4. The van der Waals surface area contributed by atoms with Gasteiger partial charge < -0.3 is 34.1 Å². The number of aromatic nitrogens is 3. The molecule has 15 nitrogen and oxygen atoms in total. The van der Waals surface area contributed by atoms with Crippen LogP contribution in [-0.4, -0.2) is 121 Å².